The van der Waals surface area contributed by atoms with Gasteiger partial charge in [0.1, 0.15) is 19.0 Å². The third-order valence-electron chi connectivity index (χ3n) is 5.11. The molecule has 1 N–H and O–H groups in total. The van der Waals surface area contributed by atoms with Crippen molar-refractivity contribution in [2.75, 3.05) is 19.0 Å². The quantitative estimate of drug-likeness (QED) is 0.342. The fraction of sp³-hybridized carbons (Fsp3) is 0.115. The Kier molecular flexibility index (Phi) is 8.07. The number of carbonyl (C=O) groups is 3. The van der Waals surface area contributed by atoms with E-state index in [-0.39, 0.29) is 17.3 Å². The lowest BCUT2D eigenvalue weighted by molar-refractivity contribution is -0.127. The molecule has 0 bridgehead atoms. The van der Waals surface area contributed by atoms with Gasteiger partial charge in [0, 0.05) is 11.3 Å². The maximum Gasteiger partial charge on any atom is 0.294 e. The molecule has 0 saturated carbocycles. The van der Waals surface area contributed by atoms with E-state index in [1.165, 1.54) is 19.3 Å². The Bertz CT molecular complexity index is 1350. The summed E-state index contributed by atoms with van der Waals surface area (Å²) in [5.74, 6) is -0.705. The summed E-state index contributed by atoms with van der Waals surface area (Å²) in [6.07, 6.45) is 1.54. The molecular formula is C26H20BrFN2O5S. The number of hydrogen-bond acceptors (Lipinski definition) is 6. The molecule has 10 heteroatoms. The van der Waals surface area contributed by atoms with Crippen LogP contribution >= 0.6 is 27.7 Å². The van der Waals surface area contributed by atoms with Crippen molar-refractivity contribution in [2.24, 2.45) is 0 Å². The van der Waals surface area contributed by atoms with Crippen LogP contribution in [0.15, 0.2) is 76.1 Å². The smallest absolute Gasteiger partial charge is 0.294 e. The highest BCUT2D eigenvalue weighted by molar-refractivity contribution is 9.10. The number of anilines is 1. The summed E-state index contributed by atoms with van der Waals surface area (Å²) >= 11 is 4.18. The predicted molar refractivity (Wildman–Crippen MR) is 139 cm³/mol. The maximum atomic E-state index is 13.9. The van der Waals surface area contributed by atoms with E-state index < -0.39 is 23.6 Å². The summed E-state index contributed by atoms with van der Waals surface area (Å²) in [6.45, 7) is -0.405. The molecule has 0 unspecified atom stereocenters. The molecule has 0 atom stereocenters. The second-order valence-electron chi connectivity index (χ2n) is 7.60. The monoisotopic (exact) mass is 570 g/mol. The van der Waals surface area contributed by atoms with E-state index in [1.54, 1.807) is 54.6 Å². The number of imide groups is 1. The third-order valence-corrected chi connectivity index (χ3v) is 6.61. The van der Waals surface area contributed by atoms with Crippen LogP contribution in [0.3, 0.4) is 0 Å². The number of rotatable bonds is 8. The van der Waals surface area contributed by atoms with Gasteiger partial charge in [0.05, 0.1) is 16.5 Å². The van der Waals surface area contributed by atoms with Crippen molar-refractivity contribution < 1.29 is 28.2 Å². The van der Waals surface area contributed by atoms with Gasteiger partial charge in [-0.25, -0.2) is 4.39 Å². The standard InChI is InChI=1S/C26H20BrFN2O5S/c1-34-21-12-16(11-19(27)24(21)35-15-17-7-5-6-10-20(17)28)13-22-25(32)30(26(33)36-22)14-23(31)29-18-8-3-2-4-9-18/h2-13H,14-15H2,1H3,(H,29,31)/b22-13-. The lowest BCUT2D eigenvalue weighted by Gasteiger charge is -2.14. The van der Waals surface area contributed by atoms with Gasteiger partial charge < -0.3 is 14.8 Å². The molecule has 184 valence electrons. The first-order valence-corrected chi connectivity index (χ1v) is 12.3. The minimum absolute atomic E-state index is 0.00901. The zero-order valence-corrected chi connectivity index (χ0v) is 21.4. The zero-order valence-electron chi connectivity index (χ0n) is 19.0. The van der Waals surface area contributed by atoms with Crippen LogP contribution in [0, 0.1) is 5.82 Å². The molecule has 7 nitrogen and oxygen atoms in total. The Morgan fingerprint density at radius 1 is 1.11 bits per heavy atom. The lowest BCUT2D eigenvalue weighted by Crippen LogP contribution is -2.36. The van der Waals surface area contributed by atoms with Crippen LogP contribution in [0.4, 0.5) is 14.9 Å². The molecule has 0 radical (unpaired) electrons. The first-order chi connectivity index (χ1) is 17.4. The number of thioether (sulfide) groups is 1. The van der Waals surface area contributed by atoms with Crippen molar-refractivity contribution in [3.8, 4) is 11.5 Å². The minimum atomic E-state index is -0.566. The topological polar surface area (TPSA) is 84.9 Å². The SMILES string of the molecule is COc1cc(/C=C2\SC(=O)N(CC(=O)Nc3ccccc3)C2=O)cc(Br)c1OCc1ccccc1F. The van der Waals surface area contributed by atoms with Gasteiger partial charge in [-0.2, -0.15) is 0 Å². The van der Waals surface area contributed by atoms with Crippen LogP contribution in [0.1, 0.15) is 11.1 Å². The summed E-state index contributed by atoms with van der Waals surface area (Å²) < 4.78 is 25.7. The molecule has 1 aliphatic heterocycles. The number of nitrogens with one attached hydrogen (secondary N) is 1. The molecule has 36 heavy (non-hydrogen) atoms. The molecule has 3 aromatic carbocycles. The number of halogens is 2. The molecule has 3 aromatic rings. The molecule has 1 aliphatic rings. The molecule has 4 rings (SSSR count). The first kappa shape index (κ1) is 25.5. The lowest BCUT2D eigenvalue weighted by atomic mass is 10.1. The number of benzene rings is 3. The number of ether oxygens (including phenoxy) is 2. The average Bonchev–Trinajstić information content (AvgIpc) is 3.11. The van der Waals surface area contributed by atoms with Gasteiger partial charge in [0.2, 0.25) is 5.91 Å². The van der Waals surface area contributed by atoms with E-state index in [9.17, 15) is 18.8 Å². The number of hydrogen-bond donors (Lipinski definition) is 1. The largest absolute Gasteiger partial charge is 0.493 e. The number of amides is 3. The van der Waals surface area contributed by atoms with E-state index in [1.807, 2.05) is 6.07 Å². The highest BCUT2D eigenvalue weighted by Gasteiger charge is 2.36. The highest BCUT2D eigenvalue weighted by atomic mass is 79.9. The van der Waals surface area contributed by atoms with Gasteiger partial charge in [-0.05, 0) is 69.7 Å². The van der Waals surface area contributed by atoms with Crippen LogP contribution in [-0.2, 0) is 16.2 Å². The van der Waals surface area contributed by atoms with Gasteiger partial charge in [0.25, 0.3) is 11.1 Å². The molecular weight excluding hydrogens is 551 g/mol. The van der Waals surface area contributed by atoms with Crippen LogP contribution in [-0.4, -0.2) is 35.6 Å². The van der Waals surface area contributed by atoms with Gasteiger partial charge >= 0.3 is 0 Å². The predicted octanol–water partition coefficient (Wildman–Crippen LogP) is 5.85. The molecule has 1 saturated heterocycles. The number of para-hydroxylation sites is 1. The van der Waals surface area contributed by atoms with Crippen LogP contribution in [0.2, 0.25) is 0 Å². The van der Waals surface area contributed by atoms with Crippen molar-refractivity contribution >= 4 is 56.5 Å². The zero-order chi connectivity index (χ0) is 25.7. The average molecular weight is 571 g/mol. The minimum Gasteiger partial charge on any atom is -0.493 e. The molecule has 1 fully saturated rings. The van der Waals surface area contributed by atoms with E-state index >= 15 is 0 Å². The first-order valence-electron chi connectivity index (χ1n) is 10.7. The van der Waals surface area contributed by atoms with Gasteiger partial charge in [-0.3, -0.25) is 19.3 Å². The maximum absolute atomic E-state index is 13.9. The van der Waals surface area contributed by atoms with Crippen molar-refractivity contribution in [1.29, 1.82) is 0 Å². The summed E-state index contributed by atoms with van der Waals surface area (Å²) in [4.78, 5) is 38.7. The van der Waals surface area contributed by atoms with Crippen molar-refractivity contribution in [3.05, 3.63) is 93.1 Å². The van der Waals surface area contributed by atoms with Crippen LogP contribution in [0.5, 0.6) is 11.5 Å². The molecule has 0 spiro atoms. The number of carbonyl (C=O) groups excluding carboxylic acids is 3. The van der Waals surface area contributed by atoms with E-state index in [0.717, 1.165) is 16.7 Å². The van der Waals surface area contributed by atoms with E-state index in [2.05, 4.69) is 21.2 Å². The summed E-state index contributed by atoms with van der Waals surface area (Å²) in [5.41, 5.74) is 1.52. The Morgan fingerprint density at radius 3 is 2.56 bits per heavy atom. The van der Waals surface area contributed by atoms with Crippen molar-refractivity contribution in [1.82, 2.24) is 4.90 Å². The number of methoxy groups -OCH3 is 1. The normalized spacial score (nSPS) is 14.3. The second-order valence-corrected chi connectivity index (χ2v) is 9.44. The second kappa shape index (κ2) is 11.4. The van der Waals surface area contributed by atoms with Gasteiger partial charge in [-0.1, -0.05) is 36.4 Å². The summed E-state index contributed by atoms with van der Waals surface area (Å²) in [6, 6.07) is 18.4. The molecule has 0 aliphatic carbocycles. The Morgan fingerprint density at radius 2 is 1.83 bits per heavy atom. The molecule has 1 heterocycles. The van der Waals surface area contributed by atoms with Gasteiger partial charge in [-0.15, -0.1) is 0 Å². The fourth-order valence-corrected chi connectivity index (χ4v) is 4.79. The summed E-state index contributed by atoms with van der Waals surface area (Å²) in [5, 5.41) is 2.12. The molecule has 3 amide bonds. The van der Waals surface area contributed by atoms with Gasteiger partial charge in [0.15, 0.2) is 11.5 Å². The van der Waals surface area contributed by atoms with Crippen molar-refractivity contribution in [2.45, 2.75) is 6.61 Å². The Balaban J connectivity index is 1.48. The van der Waals surface area contributed by atoms with Crippen molar-refractivity contribution in [3.63, 3.8) is 0 Å². The molecule has 0 aromatic heterocycles. The third kappa shape index (κ3) is 5.95. The highest BCUT2D eigenvalue weighted by Crippen LogP contribution is 2.39. The Hall–Kier alpha value is -3.63. The summed E-state index contributed by atoms with van der Waals surface area (Å²) in [7, 11) is 1.46. The fourth-order valence-electron chi connectivity index (χ4n) is 3.38. The van der Waals surface area contributed by atoms with E-state index in [4.69, 9.17) is 9.47 Å². The van der Waals surface area contributed by atoms with E-state index in [0.29, 0.717) is 32.8 Å². The van der Waals surface area contributed by atoms with Crippen LogP contribution < -0.4 is 14.8 Å². The Labute approximate surface area is 219 Å². The number of nitrogens with zero attached hydrogens (tertiary/aromatic N) is 1. The van der Waals surface area contributed by atoms with Crippen LogP contribution in [0.25, 0.3) is 6.08 Å².